The van der Waals surface area contributed by atoms with Crippen LogP contribution in [0.2, 0.25) is 0 Å². The van der Waals surface area contributed by atoms with Crippen LogP contribution < -0.4 is 10.5 Å². The minimum atomic E-state index is -3.63. The van der Waals surface area contributed by atoms with Gasteiger partial charge < -0.3 is 10.5 Å². The molecule has 0 unspecified atom stereocenters. The first-order valence-corrected chi connectivity index (χ1v) is 7.45. The average molecular weight is 287 g/mol. The minimum Gasteiger partial charge on any atom is -0.398 e. The Morgan fingerprint density at radius 2 is 2.16 bits per heavy atom. The number of ether oxygens (including phenoxy) is 1. The highest BCUT2D eigenvalue weighted by Gasteiger charge is 2.23. The highest BCUT2D eigenvalue weighted by molar-refractivity contribution is 7.89. The molecule has 0 bridgehead atoms. The number of sulfonamides is 1. The van der Waals surface area contributed by atoms with Crippen molar-refractivity contribution in [1.29, 1.82) is 0 Å². The summed E-state index contributed by atoms with van der Waals surface area (Å²) >= 11 is 0. The predicted molar refractivity (Wildman–Crippen MR) is 74.1 cm³/mol. The fourth-order valence-electron chi connectivity index (χ4n) is 1.45. The molecule has 0 amide bonds. The molecule has 0 fully saturated rings. The molecule has 0 aliphatic rings. The Morgan fingerprint density at radius 3 is 2.74 bits per heavy atom. The second-order valence-corrected chi connectivity index (χ2v) is 6.88. The smallest absolute Gasteiger partial charge is 0.244 e. The fraction of sp³-hybridized carbons (Fsp3) is 0.583. The van der Waals surface area contributed by atoms with Crippen LogP contribution in [0.5, 0.6) is 0 Å². The molecule has 1 rings (SSSR count). The Hall–Kier alpha value is -1.18. The molecular weight excluding hydrogens is 266 g/mol. The normalized spacial score (nSPS) is 12.6. The van der Waals surface area contributed by atoms with Gasteiger partial charge in [-0.25, -0.2) is 13.1 Å². The van der Waals surface area contributed by atoms with Crippen LogP contribution in [-0.2, 0) is 14.8 Å². The van der Waals surface area contributed by atoms with E-state index in [1.54, 1.807) is 7.11 Å². The van der Waals surface area contributed by atoms with Crippen LogP contribution >= 0.6 is 0 Å². The molecule has 0 atom stereocenters. The van der Waals surface area contributed by atoms with E-state index in [4.69, 9.17) is 10.5 Å². The van der Waals surface area contributed by atoms with Crippen LogP contribution in [-0.4, -0.2) is 33.7 Å². The highest BCUT2D eigenvalue weighted by atomic mass is 32.2. The third-order valence-corrected chi connectivity index (χ3v) is 4.27. The van der Waals surface area contributed by atoms with E-state index in [9.17, 15) is 8.42 Å². The van der Waals surface area contributed by atoms with Gasteiger partial charge in [0.25, 0.3) is 0 Å². The number of aromatic nitrogens is 1. The van der Waals surface area contributed by atoms with Crippen LogP contribution in [0.1, 0.15) is 20.3 Å². The van der Waals surface area contributed by atoms with Crippen molar-refractivity contribution in [3.63, 3.8) is 0 Å². The van der Waals surface area contributed by atoms with E-state index in [-0.39, 0.29) is 16.0 Å². The molecule has 1 aromatic heterocycles. The third-order valence-electron chi connectivity index (χ3n) is 2.83. The molecule has 6 nitrogen and oxygen atoms in total. The maximum absolute atomic E-state index is 12.1. The van der Waals surface area contributed by atoms with Gasteiger partial charge in [-0.15, -0.1) is 0 Å². The summed E-state index contributed by atoms with van der Waals surface area (Å²) in [7, 11) is -2.01. The van der Waals surface area contributed by atoms with E-state index < -0.39 is 10.0 Å². The number of rotatable bonds is 7. The van der Waals surface area contributed by atoms with Crippen molar-refractivity contribution in [2.45, 2.75) is 25.2 Å². The number of anilines is 1. The van der Waals surface area contributed by atoms with Crippen molar-refractivity contribution in [3.8, 4) is 0 Å². The van der Waals surface area contributed by atoms with Crippen molar-refractivity contribution >= 4 is 15.7 Å². The number of nitrogen functional groups attached to an aromatic ring is 1. The summed E-state index contributed by atoms with van der Waals surface area (Å²) in [6, 6.07) is 1.46. The van der Waals surface area contributed by atoms with E-state index in [1.165, 1.54) is 18.5 Å². The van der Waals surface area contributed by atoms with E-state index in [2.05, 4.69) is 9.71 Å². The molecule has 0 aliphatic heterocycles. The summed E-state index contributed by atoms with van der Waals surface area (Å²) in [6.45, 7) is 4.85. The lowest BCUT2D eigenvalue weighted by Gasteiger charge is -2.24. The van der Waals surface area contributed by atoms with Gasteiger partial charge in [-0.05, 0) is 17.9 Å². The van der Waals surface area contributed by atoms with Crippen LogP contribution in [0.3, 0.4) is 0 Å². The first-order chi connectivity index (χ1) is 8.78. The molecule has 0 spiro atoms. The van der Waals surface area contributed by atoms with E-state index in [0.717, 1.165) is 6.42 Å². The van der Waals surface area contributed by atoms with Crippen molar-refractivity contribution < 1.29 is 13.2 Å². The maximum atomic E-state index is 12.1. The zero-order valence-corrected chi connectivity index (χ0v) is 12.3. The standard InChI is InChI=1S/C12H21N3O3S/c1-12(2,5-7-18-3)9-15-19(16,17)11-8-14-6-4-10(11)13/h4,6,8,15H,5,7,9H2,1-3H3,(H2,13,14). The zero-order valence-electron chi connectivity index (χ0n) is 11.5. The van der Waals surface area contributed by atoms with Gasteiger partial charge in [0.2, 0.25) is 10.0 Å². The number of pyridine rings is 1. The van der Waals surface area contributed by atoms with Gasteiger partial charge in [0.05, 0.1) is 5.69 Å². The van der Waals surface area contributed by atoms with Crippen LogP contribution in [0.25, 0.3) is 0 Å². The Kier molecular flexibility index (Phi) is 5.28. The summed E-state index contributed by atoms with van der Waals surface area (Å²) in [5, 5.41) is 0. The van der Waals surface area contributed by atoms with Crippen LogP contribution in [0.15, 0.2) is 23.4 Å². The quantitative estimate of drug-likeness (QED) is 0.780. The SMILES string of the molecule is COCCC(C)(C)CNS(=O)(=O)c1cnccc1N. The molecule has 1 heterocycles. The second kappa shape index (κ2) is 6.31. The second-order valence-electron chi connectivity index (χ2n) is 5.15. The lowest BCUT2D eigenvalue weighted by molar-refractivity contribution is 0.153. The summed E-state index contributed by atoms with van der Waals surface area (Å²) in [4.78, 5) is 3.80. The van der Waals surface area contributed by atoms with Gasteiger partial charge in [0.1, 0.15) is 4.90 Å². The number of methoxy groups -OCH3 is 1. The Labute approximate surface area is 114 Å². The van der Waals surface area contributed by atoms with E-state index >= 15 is 0 Å². The van der Waals surface area contributed by atoms with Gasteiger partial charge >= 0.3 is 0 Å². The van der Waals surface area contributed by atoms with E-state index in [1.807, 2.05) is 13.8 Å². The van der Waals surface area contributed by atoms with Gasteiger partial charge in [0, 0.05) is 32.7 Å². The number of hydrogen-bond donors (Lipinski definition) is 2. The summed E-state index contributed by atoms with van der Waals surface area (Å²) in [6.07, 6.45) is 3.46. The van der Waals surface area contributed by atoms with Crippen LogP contribution in [0.4, 0.5) is 5.69 Å². The van der Waals surface area contributed by atoms with Gasteiger partial charge in [0.15, 0.2) is 0 Å². The Morgan fingerprint density at radius 1 is 1.47 bits per heavy atom. The molecule has 3 N–H and O–H groups in total. The van der Waals surface area contributed by atoms with E-state index in [0.29, 0.717) is 13.2 Å². The van der Waals surface area contributed by atoms with Crippen LogP contribution in [0, 0.1) is 5.41 Å². The lowest BCUT2D eigenvalue weighted by Crippen LogP contribution is -2.35. The monoisotopic (exact) mass is 287 g/mol. The van der Waals surface area contributed by atoms with Crippen molar-refractivity contribution in [2.24, 2.45) is 5.41 Å². The minimum absolute atomic E-state index is 0.0116. The van der Waals surface area contributed by atoms with Gasteiger partial charge in [-0.3, -0.25) is 4.98 Å². The molecule has 19 heavy (non-hydrogen) atoms. The molecular formula is C12H21N3O3S. The number of nitrogens with two attached hydrogens (primary N) is 1. The molecule has 7 heteroatoms. The van der Waals surface area contributed by atoms with Gasteiger partial charge in [-0.1, -0.05) is 13.8 Å². The average Bonchev–Trinajstić information content (AvgIpc) is 2.35. The topological polar surface area (TPSA) is 94.3 Å². The first-order valence-electron chi connectivity index (χ1n) is 5.96. The fourth-order valence-corrected chi connectivity index (χ4v) is 2.76. The lowest BCUT2D eigenvalue weighted by atomic mass is 9.90. The number of nitrogens with one attached hydrogen (secondary N) is 1. The molecule has 0 aliphatic carbocycles. The van der Waals surface area contributed by atoms with Gasteiger partial charge in [-0.2, -0.15) is 0 Å². The zero-order chi connectivity index (χ0) is 14.5. The largest absolute Gasteiger partial charge is 0.398 e. The first kappa shape index (κ1) is 15.9. The molecule has 0 aromatic carbocycles. The van der Waals surface area contributed by atoms with Crippen molar-refractivity contribution in [2.75, 3.05) is 26.0 Å². The highest BCUT2D eigenvalue weighted by Crippen LogP contribution is 2.21. The summed E-state index contributed by atoms with van der Waals surface area (Å²) < 4.78 is 31.8. The number of hydrogen-bond acceptors (Lipinski definition) is 5. The molecule has 108 valence electrons. The molecule has 0 radical (unpaired) electrons. The Balaban J connectivity index is 2.74. The molecule has 0 saturated heterocycles. The third kappa shape index (κ3) is 4.77. The predicted octanol–water partition coefficient (Wildman–Crippen LogP) is 1.00. The van der Waals surface area contributed by atoms with Crippen molar-refractivity contribution in [3.05, 3.63) is 18.5 Å². The van der Waals surface area contributed by atoms with Crippen molar-refractivity contribution in [1.82, 2.24) is 9.71 Å². The summed E-state index contributed by atoms with van der Waals surface area (Å²) in [5.74, 6) is 0. The molecule has 1 aromatic rings. The molecule has 0 saturated carbocycles. The maximum Gasteiger partial charge on any atom is 0.244 e. The summed E-state index contributed by atoms with van der Waals surface area (Å²) in [5.41, 5.74) is 5.64. The number of nitrogens with zero attached hydrogens (tertiary/aromatic N) is 1. The Bertz CT molecular complexity index is 515.